The number of sulfonamides is 1. The summed E-state index contributed by atoms with van der Waals surface area (Å²) in [5.74, 6) is 0.00888. The maximum absolute atomic E-state index is 12.2. The molecule has 0 saturated carbocycles. The fraction of sp³-hybridized carbons (Fsp3) is 0. The summed E-state index contributed by atoms with van der Waals surface area (Å²) in [6, 6.07) is 8.84. The van der Waals surface area contributed by atoms with Gasteiger partial charge in [-0.3, -0.25) is 4.72 Å². The van der Waals surface area contributed by atoms with E-state index in [9.17, 15) is 8.42 Å². The molecule has 8 heteroatoms. The van der Waals surface area contributed by atoms with Gasteiger partial charge in [0.05, 0.1) is 21.7 Å². The molecule has 2 aromatic rings. The Balaban J connectivity index is 2.42. The molecule has 1 aromatic carbocycles. The van der Waals surface area contributed by atoms with E-state index in [4.69, 9.17) is 28.5 Å². The summed E-state index contributed by atoms with van der Waals surface area (Å²) in [6.07, 6.45) is 1.41. The Labute approximate surface area is 125 Å². The normalized spacial score (nSPS) is 10.8. The fourth-order valence-electron chi connectivity index (χ4n) is 1.43. The zero-order valence-corrected chi connectivity index (χ0v) is 12.2. The number of anilines is 1. The SMILES string of the molecule is N#Cc1ccc(S(=O)(=O)Nc2ncccc2Cl)c(Cl)c1. The van der Waals surface area contributed by atoms with Crippen molar-refractivity contribution in [3.05, 3.63) is 52.1 Å². The third-order valence-electron chi connectivity index (χ3n) is 2.34. The Morgan fingerprint density at radius 1 is 1.20 bits per heavy atom. The van der Waals surface area contributed by atoms with Crippen LogP contribution in [-0.4, -0.2) is 13.4 Å². The lowest BCUT2D eigenvalue weighted by molar-refractivity contribution is 0.601. The predicted molar refractivity (Wildman–Crippen MR) is 76.2 cm³/mol. The molecule has 1 heterocycles. The first-order valence-electron chi connectivity index (χ1n) is 5.27. The van der Waals surface area contributed by atoms with Crippen LogP contribution in [0.4, 0.5) is 5.82 Å². The van der Waals surface area contributed by atoms with Crippen molar-refractivity contribution in [2.75, 3.05) is 4.72 Å². The fourth-order valence-corrected chi connectivity index (χ4v) is 3.23. The van der Waals surface area contributed by atoms with Crippen LogP contribution in [0.2, 0.25) is 10.0 Å². The van der Waals surface area contributed by atoms with Crippen LogP contribution in [0.3, 0.4) is 0 Å². The molecule has 5 nitrogen and oxygen atoms in total. The molecular formula is C12H7Cl2N3O2S. The molecule has 0 spiro atoms. The number of pyridine rings is 1. The highest BCUT2D eigenvalue weighted by Crippen LogP contribution is 2.26. The van der Waals surface area contributed by atoms with Crippen molar-refractivity contribution in [3.63, 3.8) is 0 Å². The van der Waals surface area contributed by atoms with Crippen LogP contribution in [0.1, 0.15) is 5.56 Å². The lowest BCUT2D eigenvalue weighted by atomic mass is 10.2. The second kappa shape index (κ2) is 5.67. The van der Waals surface area contributed by atoms with E-state index in [2.05, 4.69) is 9.71 Å². The minimum Gasteiger partial charge on any atom is -0.262 e. The van der Waals surface area contributed by atoms with Crippen molar-refractivity contribution < 1.29 is 8.42 Å². The molecule has 0 saturated heterocycles. The van der Waals surface area contributed by atoms with Gasteiger partial charge in [-0.2, -0.15) is 5.26 Å². The Bertz CT molecular complexity index is 801. The van der Waals surface area contributed by atoms with Crippen LogP contribution in [0.5, 0.6) is 0 Å². The average Bonchev–Trinajstić information content (AvgIpc) is 2.40. The van der Waals surface area contributed by atoms with Gasteiger partial charge >= 0.3 is 0 Å². The number of nitriles is 1. The van der Waals surface area contributed by atoms with Gasteiger partial charge < -0.3 is 0 Å². The van der Waals surface area contributed by atoms with Crippen LogP contribution < -0.4 is 4.72 Å². The molecule has 0 aliphatic rings. The highest BCUT2D eigenvalue weighted by atomic mass is 35.5. The number of hydrogen-bond donors (Lipinski definition) is 1. The van der Waals surface area contributed by atoms with Crippen LogP contribution in [-0.2, 0) is 10.0 Å². The number of hydrogen-bond acceptors (Lipinski definition) is 4. The number of benzene rings is 1. The molecule has 0 bridgehead atoms. The number of aromatic nitrogens is 1. The van der Waals surface area contributed by atoms with Crippen LogP contribution in [0, 0.1) is 11.3 Å². The zero-order valence-electron chi connectivity index (χ0n) is 9.84. The van der Waals surface area contributed by atoms with Crippen molar-refractivity contribution >= 4 is 39.0 Å². The highest BCUT2D eigenvalue weighted by molar-refractivity contribution is 7.92. The van der Waals surface area contributed by atoms with Gasteiger partial charge in [0.15, 0.2) is 5.82 Å². The number of rotatable bonds is 3. The van der Waals surface area contributed by atoms with E-state index in [1.54, 1.807) is 6.07 Å². The van der Waals surface area contributed by atoms with Gasteiger partial charge in [-0.25, -0.2) is 13.4 Å². The summed E-state index contributed by atoms with van der Waals surface area (Å²) in [5, 5.41) is 8.84. The molecule has 0 atom stereocenters. The summed E-state index contributed by atoms with van der Waals surface area (Å²) in [6.45, 7) is 0. The number of nitrogens with zero attached hydrogens (tertiary/aromatic N) is 2. The minimum atomic E-state index is -3.93. The molecule has 0 unspecified atom stereocenters. The van der Waals surface area contributed by atoms with Crippen molar-refractivity contribution in [3.8, 4) is 6.07 Å². The lowest BCUT2D eigenvalue weighted by Crippen LogP contribution is -2.14. The van der Waals surface area contributed by atoms with Crippen molar-refractivity contribution in [2.24, 2.45) is 0 Å². The molecule has 0 amide bonds. The quantitative estimate of drug-likeness (QED) is 0.939. The van der Waals surface area contributed by atoms with Crippen molar-refractivity contribution in [1.29, 1.82) is 5.26 Å². The molecule has 20 heavy (non-hydrogen) atoms. The molecule has 102 valence electrons. The third kappa shape index (κ3) is 3.02. The van der Waals surface area contributed by atoms with E-state index < -0.39 is 10.0 Å². The summed E-state index contributed by atoms with van der Waals surface area (Å²) in [5.41, 5.74) is 0.268. The molecule has 2 rings (SSSR count). The molecule has 1 aromatic heterocycles. The Morgan fingerprint density at radius 3 is 2.55 bits per heavy atom. The standard InChI is InChI=1S/C12H7Cl2N3O2S/c13-9-2-1-5-16-12(9)17-20(18,19)11-4-3-8(7-15)6-10(11)14/h1-6H,(H,16,17). The van der Waals surface area contributed by atoms with Gasteiger partial charge in [-0.15, -0.1) is 0 Å². The monoisotopic (exact) mass is 327 g/mol. The van der Waals surface area contributed by atoms with Crippen molar-refractivity contribution in [1.82, 2.24) is 4.98 Å². The Kier molecular flexibility index (Phi) is 4.14. The van der Waals surface area contributed by atoms with E-state index >= 15 is 0 Å². The summed E-state index contributed by atoms with van der Waals surface area (Å²) >= 11 is 11.7. The van der Waals surface area contributed by atoms with Gasteiger partial charge in [0.25, 0.3) is 10.0 Å². The minimum absolute atomic E-state index is 0.00888. The molecule has 0 aliphatic carbocycles. The largest absolute Gasteiger partial charge is 0.264 e. The number of halogens is 2. The molecule has 0 aliphatic heterocycles. The maximum Gasteiger partial charge on any atom is 0.264 e. The Hall–Kier alpha value is -1.81. The van der Waals surface area contributed by atoms with E-state index in [-0.39, 0.29) is 26.3 Å². The third-order valence-corrected chi connectivity index (χ3v) is 4.47. The number of nitrogens with one attached hydrogen (secondary N) is 1. The van der Waals surface area contributed by atoms with Crippen molar-refractivity contribution in [2.45, 2.75) is 4.90 Å². The second-order valence-corrected chi connectivity index (χ2v) is 6.16. The average molecular weight is 328 g/mol. The van der Waals surface area contributed by atoms with Crippen LogP contribution in [0.25, 0.3) is 0 Å². The summed E-state index contributed by atoms with van der Waals surface area (Å²) in [4.78, 5) is 3.68. The molecule has 1 N–H and O–H groups in total. The first-order chi connectivity index (χ1) is 9.44. The molecular weight excluding hydrogens is 321 g/mol. The smallest absolute Gasteiger partial charge is 0.262 e. The highest BCUT2D eigenvalue weighted by Gasteiger charge is 2.20. The van der Waals surface area contributed by atoms with Gasteiger partial charge in [-0.05, 0) is 30.3 Å². The maximum atomic E-state index is 12.2. The molecule has 0 radical (unpaired) electrons. The van der Waals surface area contributed by atoms with E-state index in [0.717, 1.165) is 0 Å². The van der Waals surface area contributed by atoms with E-state index in [1.165, 1.54) is 30.5 Å². The second-order valence-electron chi connectivity index (χ2n) is 3.70. The van der Waals surface area contributed by atoms with Gasteiger partial charge in [0.1, 0.15) is 4.90 Å². The topological polar surface area (TPSA) is 82.8 Å². The van der Waals surface area contributed by atoms with E-state index in [0.29, 0.717) is 0 Å². The first kappa shape index (κ1) is 14.6. The van der Waals surface area contributed by atoms with Crippen LogP contribution >= 0.6 is 23.2 Å². The van der Waals surface area contributed by atoms with Gasteiger partial charge in [0, 0.05) is 6.20 Å². The summed E-state index contributed by atoms with van der Waals surface area (Å²) in [7, 11) is -3.93. The summed E-state index contributed by atoms with van der Waals surface area (Å²) < 4.78 is 26.6. The van der Waals surface area contributed by atoms with Gasteiger partial charge in [-0.1, -0.05) is 23.2 Å². The van der Waals surface area contributed by atoms with Crippen LogP contribution in [0.15, 0.2) is 41.4 Å². The Morgan fingerprint density at radius 2 is 1.95 bits per heavy atom. The predicted octanol–water partition coefficient (Wildman–Crippen LogP) is 3.06. The first-order valence-corrected chi connectivity index (χ1v) is 7.51. The van der Waals surface area contributed by atoms with Gasteiger partial charge in [0.2, 0.25) is 0 Å². The van der Waals surface area contributed by atoms with E-state index in [1.807, 2.05) is 6.07 Å². The molecule has 0 fully saturated rings. The zero-order chi connectivity index (χ0) is 14.8. The lowest BCUT2D eigenvalue weighted by Gasteiger charge is -2.09.